The van der Waals surface area contributed by atoms with Gasteiger partial charge in [-0.3, -0.25) is 14.6 Å². The van der Waals surface area contributed by atoms with E-state index in [4.69, 9.17) is 0 Å². The zero-order valence-electron chi connectivity index (χ0n) is 18.6. The summed E-state index contributed by atoms with van der Waals surface area (Å²) in [5.41, 5.74) is 0.251. The standard InChI is InChI=1S/C21H24F3N7O2/c1-10(2)16-18(32)28-15-11(3)26-20(29-17(15)30(16)4)27-13-8-31(9-13)19(33)12-5-6-14(25-7-12)21(22,23)24/h5-7,10,13,16H,8-9H2,1-4H3,(H,28,32)(H,26,27,29). The number of carbonyl (C=O) groups excluding carboxylic acids is 2. The van der Waals surface area contributed by atoms with Crippen molar-refractivity contribution in [2.24, 2.45) is 5.92 Å². The molecule has 2 aliphatic rings. The summed E-state index contributed by atoms with van der Waals surface area (Å²) in [5.74, 6) is 0.592. The van der Waals surface area contributed by atoms with E-state index in [1.54, 1.807) is 6.92 Å². The number of rotatable bonds is 4. The van der Waals surface area contributed by atoms with Crippen LogP contribution in [0.3, 0.4) is 0 Å². The molecule has 2 aliphatic heterocycles. The summed E-state index contributed by atoms with van der Waals surface area (Å²) in [6.45, 7) is 6.40. The normalized spacial score (nSPS) is 18.7. The summed E-state index contributed by atoms with van der Waals surface area (Å²) in [5, 5.41) is 6.08. The van der Waals surface area contributed by atoms with Gasteiger partial charge in [0.05, 0.1) is 17.3 Å². The number of anilines is 3. The number of fused-ring (bicyclic) bond motifs is 1. The molecule has 4 rings (SSSR count). The zero-order valence-corrected chi connectivity index (χ0v) is 18.6. The predicted octanol–water partition coefficient (Wildman–Crippen LogP) is 2.55. The quantitative estimate of drug-likeness (QED) is 0.718. The summed E-state index contributed by atoms with van der Waals surface area (Å²) < 4.78 is 38.0. The highest BCUT2D eigenvalue weighted by Crippen LogP contribution is 2.34. The third kappa shape index (κ3) is 4.29. The number of carbonyl (C=O) groups is 2. The first-order valence-corrected chi connectivity index (χ1v) is 10.5. The first-order chi connectivity index (χ1) is 15.5. The molecule has 0 saturated carbocycles. The van der Waals surface area contributed by atoms with Gasteiger partial charge in [0.15, 0.2) is 5.82 Å². The SMILES string of the molecule is Cc1nc(NC2CN(C(=O)c3ccc(C(F)(F)F)nc3)C2)nc2c1NC(=O)C(C(C)C)N2C. The van der Waals surface area contributed by atoms with E-state index in [-0.39, 0.29) is 35.4 Å². The molecule has 0 bridgehead atoms. The number of aromatic nitrogens is 3. The van der Waals surface area contributed by atoms with Gasteiger partial charge < -0.3 is 20.4 Å². The maximum Gasteiger partial charge on any atom is 0.433 e. The van der Waals surface area contributed by atoms with Gasteiger partial charge in [0.2, 0.25) is 11.9 Å². The molecule has 1 unspecified atom stereocenters. The topological polar surface area (TPSA) is 103 Å². The maximum absolute atomic E-state index is 12.7. The van der Waals surface area contributed by atoms with Gasteiger partial charge in [0.1, 0.15) is 17.4 Å². The molecule has 0 aromatic carbocycles. The fourth-order valence-electron chi connectivity index (χ4n) is 4.07. The van der Waals surface area contributed by atoms with Gasteiger partial charge in [-0.2, -0.15) is 18.2 Å². The molecule has 2 aromatic rings. The van der Waals surface area contributed by atoms with Crippen LogP contribution in [0.25, 0.3) is 0 Å². The molecular weight excluding hydrogens is 439 g/mol. The molecule has 176 valence electrons. The number of likely N-dealkylation sites (N-methyl/N-ethyl adjacent to an activating group) is 1. The summed E-state index contributed by atoms with van der Waals surface area (Å²) >= 11 is 0. The first kappa shape index (κ1) is 22.7. The molecule has 0 radical (unpaired) electrons. The lowest BCUT2D eigenvalue weighted by Crippen LogP contribution is -2.57. The number of nitrogens with one attached hydrogen (secondary N) is 2. The molecular formula is C21H24F3N7O2. The van der Waals surface area contributed by atoms with Crippen LogP contribution >= 0.6 is 0 Å². The highest BCUT2D eigenvalue weighted by molar-refractivity contribution is 6.03. The molecule has 2 amide bonds. The van der Waals surface area contributed by atoms with Crippen molar-refractivity contribution in [3.05, 3.63) is 35.3 Å². The van der Waals surface area contributed by atoms with E-state index < -0.39 is 11.9 Å². The van der Waals surface area contributed by atoms with Crippen LogP contribution < -0.4 is 15.5 Å². The average Bonchev–Trinajstić information content (AvgIpc) is 2.70. The van der Waals surface area contributed by atoms with Crippen LogP contribution in [0.15, 0.2) is 18.3 Å². The van der Waals surface area contributed by atoms with E-state index in [1.807, 2.05) is 25.8 Å². The molecule has 2 aromatic heterocycles. The molecule has 12 heteroatoms. The third-order valence-corrected chi connectivity index (χ3v) is 5.77. The number of hydrogen-bond donors (Lipinski definition) is 2. The zero-order chi connectivity index (χ0) is 24.1. The monoisotopic (exact) mass is 463 g/mol. The summed E-state index contributed by atoms with van der Waals surface area (Å²) in [7, 11) is 1.82. The van der Waals surface area contributed by atoms with Crippen molar-refractivity contribution >= 4 is 29.3 Å². The van der Waals surface area contributed by atoms with E-state index >= 15 is 0 Å². The van der Waals surface area contributed by atoms with Crippen LogP contribution in [0.1, 0.15) is 35.6 Å². The molecule has 1 atom stereocenters. The lowest BCUT2D eigenvalue weighted by molar-refractivity contribution is -0.141. The fraction of sp³-hybridized carbons (Fsp3) is 0.476. The minimum absolute atomic E-state index is 0.0840. The minimum atomic E-state index is -4.55. The van der Waals surface area contributed by atoms with Crippen molar-refractivity contribution in [2.75, 3.05) is 35.7 Å². The number of hydrogen-bond acceptors (Lipinski definition) is 7. The van der Waals surface area contributed by atoms with Crippen LogP contribution in [0, 0.1) is 12.8 Å². The second kappa shape index (κ2) is 8.16. The van der Waals surface area contributed by atoms with Crippen molar-refractivity contribution < 1.29 is 22.8 Å². The van der Waals surface area contributed by atoms with E-state index in [0.29, 0.717) is 36.2 Å². The predicted molar refractivity (Wildman–Crippen MR) is 115 cm³/mol. The largest absolute Gasteiger partial charge is 0.433 e. The molecule has 0 aliphatic carbocycles. The van der Waals surface area contributed by atoms with Gasteiger partial charge in [-0.05, 0) is 25.0 Å². The first-order valence-electron chi connectivity index (χ1n) is 10.5. The van der Waals surface area contributed by atoms with Gasteiger partial charge >= 0.3 is 6.18 Å². The smallest absolute Gasteiger partial charge is 0.348 e. The highest BCUT2D eigenvalue weighted by Gasteiger charge is 2.37. The number of pyridine rings is 1. The number of halogens is 3. The lowest BCUT2D eigenvalue weighted by atomic mass is 9.99. The molecule has 1 saturated heterocycles. The molecule has 33 heavy (non-hydrogen) atoms. The number of likely N-dealkylation sites (tertiary alicyclic amines) is 1. The van der Waals surface area contributed by atoms with E-state index in [1.165, 1.54) is 4.90 Å². The van der Waals surface area contributed by atoms with Crippen molar-refractivity contribution in [1.29, 1.82) is 0 Å². The Morgan fingerprint density at radius 2 is 1.94 bits per heavy atom. The Kier molecular flexibility index (Phi) is 5.62. The van der Waals surface area contributed by atoms with E-state index in [0.717, 1.165) is 18.3 Å². The van der Waals surface area contributed by atoms with Crippen LogP contribution in [-0.4, -0.2) is 63.9 Å². The van der Waals surface area contributed by atoms with Gasteiger partial charge in [0.25, 0.3) is 5.91 Å². The molecule has 0 spiro atoms. The van der Waals surface area contributed by atoms with E-state index in [9.17, 15) is 22.8 Å². The Hall–Kier alpha value is -3.44. The van der Waals surface area contributed by atoms with Gasteiger partial charge in [0, 0.05) is 26.3 Å². The average molecular weight is 463 g/mol. The number of alkyl halides is 3. The Morgan fingerprint density at radius 3 is 2.52 bits per heavy atom. The minimum Gasteiger partial charge on any atom is -0.348 e. The van der Waals surface area contributed by atoms with Crippen molar-refractivity contribution in [3.8, 4) is 0 Å². The van der Waals surface area contributed by atoms with Gasteiger partial charge in [-0.15, -0.1) is 0 Å². The second-order valence-electron chi connectivity index (χ2n) is 8.60. The molecule has 4 heterocycles. The summed E-state index contributed by atoms with van der Waals surface area (Å²) in [6, 6.07) is 1.46. The fourth-order valence-corrected chi connectivity index (χ4v) is 4.07. The van der Waals surface area contributed by atoms with Crippen LogP contribution in [0.5, 0.6) is 0 Å². The van der Waals surface area contributed by atoms with Crippen LogP contribution in [0.2, 0.25) is 0 Å². The van der Waals surface area contributed by atoms with Crippen molar-refractivity contribution in [2.45, 2.75) is 39.0 Å². The molecule has 1 fully saturated rings. The maximum atomic E-state index is 12.7. The Morgan fingerprint density at radius 1 is 1.24 bits per heavy atom. The van der Waals surface area contributed by atoms with Gasteiger partial charge in [-0.25, -0.2) is 4.98 Å². The second-order valence-corrected chi connectivity index (χ2v) is 8.60. The summed E-state index contributed by atoms with van der Waals surface area (Å²) in [6.07, 6.45) is -3.61. The van der Waals surface area contributed by atoms with Crippen LogP contribution in [0.4, 0.5) is 30.6 Å². The number of aryl methyl sites for hydroxylation is 1. The summed E-state index contributed by atoms with van der Waals surface area (Å²) in [4.78, 5) is 40.6. The van der Waals surface area contributed by atoms with E-state index in [2.05, 4.69) is 25.6 Å². The van der Waals surface area contributed by atoms with Gasteiger partial charge in [-0.1, -0.05) is 13.8 Å². The Labute approximate surface area is 188 Å². The third-order valence-electron chi connectivity index (χ3n) is 5.77. The Balaban J connectivity index is 1.41. The highest BCUT2D eigenvalue weighted by atomic mass is 19.4. The van der Waals surface area contributed by atoms with Crippen molar-refractivity contribution in [1.82, 2.24) is 19.9 Å². The molecule has 2 N–H and O–H groups in total. The van der Waals surface area contributed by atoms with Crippen molar-refractivity contribution in [3.63, 3.8) is 0 Å². The number of nitrogens with zero attached hydrogens (tertiary/aromatic N) is 5. The van der Waals surface area contributed by atoms with Crippen LogP contribution in [-0.2, 0) is 11.0 Å². The Bertz CT molecular complexity index is 1080. The molecule has 9 nitrogen and oxygen atoms in total. The lowest BCUT2D eigenvalue weighted by Gasteiger charge is -2.40. The number of amides is 2.